The number of hydrogen-bond donors (Lipinski definition) is 1. The molecule has 0 atom stereocenters. The second-order valence-electron chi connectivity index (χ2n) is 5.61. The smallest absolute Gasteiger partial charge is 0.130 e. The maximum Gasteiger partial charge on any atom is 0.130 e. The number of benzene rings is 1. The van der Waals surface area contributed by atoms with E-state index in [0.29, 0.717) is 0 Å². The van der Waals surface area contributed by atoms with Crippen LogP contribution in [0.4, 0.5) is 8.78 Å². The summed E-state index contributed by atoms with van der Waals surface area (Å²) in [5.74, 6) is -0.962. The molecule has 1 aromatic carbocycles. The molecule has 0 fully saturated rings. The third-order valence-electron chi connectivity index (χ3n) is 2.64. The molecule has 0 heterocycles. The number of likely N-dealkylation sites (N-methyl/N-ethyl adjacent to an activating group) is 1. The normalized spacial score (nSPS) is 12.2. The van der Waals surface area contributed by atoms with Gasteiger partial charge in [0.25, 0.3) is 0 Å². The number of rotatable bonds is 5. The fourth-order valence-electron chi connectivity index (χ4n) is 1.65. The van der Waals surface area contributed by atoms with Crippen molar-refractivity contribution in [2.45, 2.75) is 32.9 Å². The zero-order chi connectivity index (χ0) is 13.8. The molecule has 0 aliphatic carbocycles. The molecule has 1 rings (SSSR count). The Morgan fingerprint density at radius 1 is 1.17 bits per heavy atom. The second-order valence-corrected chi connectivity index (χ2v) is 5.61. The molecule has 18 heavy (non-hydrogen) atoms. The van der Waals surface area contributed by atoms with E-state index in [-0.39, 0.29) is 17.6 Å². The minimum atomic E-state index is -0.481. The van der Waals surface area contributed by atoms with Gasteiger partial charge >= 0.3 is 0 Å². The molecule has 0 aliphatic rings. The fraction of sp³-hybridized carbons (Fsp3) is 0.571. The molecular formula is C14H22F2N2. The summed E-state index contributed by atoms with van der Waals surface area (Å²) in [6.45, 7) is 8.07. The van der Waals surface area contributed by atoms with Gasteiger partial charge in [0.1, 0.15) is 11.6 Å². The molecular weight excluding hydrogens is 234 g/mol. The van der Waals surface area contributed by atoms with E-state index in [1.165, 1.54) is 18.2 Å². The summed E-state index contributed by atoms with van der Waals surface area (Å²) in [6.07, 6.45) is 0. The molecule has 0 bridgehead atoms. The van der Waals surface area contributed by atoms with Gasteiger partial charge < -0.3 is 10.2 Å². The predicted octanol–water partition coefficient (Wildman–Crippen LogP) is 2.78. The van der Waals surface area contributed by atoms with Crippen LogP contribution in [0.2, 0.25) is 0 Å². The summed E-state index contributed by atoms with van der Waals surface area (Å²) >= 11 is 0. The Morgan fingerprint density at radius 3 is 2.22 bits per heavy atom. The van der Waals surface area contributed by atoms with Gasteiger partial charge in [-0.2, -0.15) is 0 Å². The van der Waals surface area contributed by atoms with Gasteiger partial charge in [-0.3, -0.25) is 0 Å². The first-order valence-electron chi connectivity index (χ1n) is 6.16. The lowest BCUT2D eigenvalue weighted by atomic mass is 10.1. The van der Waals surface area contributed by atoms with Gasteiger partial charge in [0.2, 0.25) is 0 Å². The summed E-state index contributed by atoms with van der Waals surface area (Å²) in [5.41, 5.74) is 0.195. The Hall–Kier alpha value is -1.00. The van der Waals surface area contributed by atoms with Crippen LogP contribution >= 0.6 is 0 Å². The molecule has 0 amide bonds. The number of nitrogens with one attached hydrogen (secondary N) is 1. The Balaban J connectivity index is 2.47. The molecule has 1 aromatic rings. The first-order valence-corrected chi connectivity index (χ1v) is 6.16. The molecule has 102 valence electrons. The molecule has 0 saturated heterocycles. The quantitative estimate of drug-likeness (QED) is 0.871. The van der Waals surface area contributed by atoms with Crippen molar-refractivity contribution in [2.75, 3.05) is 20.1 Å². The minimum Gasteiger partial charge on any atom is -0.311 e. The molecule has 0 aromatic heterocycles. The minimum absolute atomic E-state index is 0.0596. The van der Waals surface area contributed by atoms with Crippen molar-refractivity contribution < 1.29 is 8.78 Å². The van der Waals surface area contributed by atoms with Crippen LogP contribution in [0.1, 0.15) is 26.3 Å². The lowest BCUT2D eigenvalue weighted by molar-refractivity contribution is 0.295. The van der Waals surface area contributed by atoms with Gasteiger partial charge in [0.05, 0.1) is 0 Å². The van der Waals surface area contributed by atoms with E-state index in [0.717, 1.165) is 13.1 Å². The van der Waals surface area contributed by atoms with Gasteiger partial charge in [-0.1, -0.05) is 6.07 Å². The first kappa shape index (κ1) is 15.1. The zero-order valence-electron chi connectivity index (χ0n) is 11.6. The highest BCUT2D eigenvalue weighted by Gasteiger charge is 2.12. The zero-order valence-corrected chi connectivity index (χ0v) is 11.6. The average molecular weight is 256 g/mol. The van der Waals surface area contributed by atoms with Crippen LogP contribution in [0.15, 0.2) is 18.2 Å². The first-order chi connectivity index (χ1) is 8.29. The molecule has 0 unspecified atom stereocenters. The number of halogens is 2. The van der Waals surface area contributed by atoms with Crippen molar-refractivity contribution in [3.05, 3.63) is 35.4 Å². The van der Waals surface area contributed by atoms with Gasteiger partial charge in [0.15, 0.2) is 0 Å². The van der Waals surface area contributed by atoms with Crippen molar-refractivity contribution >= 4 is 0 Å². The highest BCUT2D eigenvalue weighted by atomic mass is 19.1. The maximum absolute atomic E-state index is 13.4. The average Bonchev–Trinajstić information content (AvgIpc) is 2.22. The van der Waals surface area contributed by atoms with E-state index in [1.54, 1.807) is 0 Å². The number of hydrogen-bond acceptors (Lipinski definition) is 2. The lowest BCUT2D eigenvalue weighted by Gasteiger charge is -2.23. The van der Waals surface area contributed by atoms with E-state index in [2.05, 4.69) is 26.1 Å². The maximum atomic E-state index is 13.4. The van der Waals surface area contributed by atoms with Crippen molar-refractivity contribution in [1.82, 2.24) is 10.2 Å². The Bertz CT molecular complexity index is 366. The molecule has 4 heteroatoms. The van der Waals surface area contributed by atoms with E-state index >= 15 is 0 Å². The van der Waals surface area contributed by atoms with Crippen molar-refractivity contribution in [3.8, 4) is 0 Å². The van der Waals surface area contributed by atoms with Crippen molar-refractivity contribution in [1.29, 1.82) is 0 Å². The third-order valence-corrected chi connectivity index (χ3v) is 2.64. The standard InChI is InChI=1S/C14H22F2N2/c1-14(2,3)17-8-9-18(4)10-11-12(15)6-5-7-13(11)16/h5-7,17H,8-10H2,1-4H3. The predicted molar refractivity (Wildman–Crippen MR) is 70.4 cm³/mol. The van der Waals surface area contributed by atoms with E-state index < -0.39 is 11.6 Å². The molecule has 0 spiro atoms. The fourth-order valence-corrected chi connectivity index (χ4v) is 1.65. The summed E-state index contributed by atoms with van der Waals surface area (Å²) < 4.78 is 26.9. The van der Waals surface area contributed by atoms with Gasteiger partial charge in [-0.05, 0) is 40.0 Å². The monoisotopic (exact) mass is 256 g/mol. The summed E-state index contributed by atoms with van der Waals surface area (Å²) in [4.78, 5) is 1.90. The highest BCUT2D eigenvalue weighted by molar-refractivity contribution is 5.19. The second kappa shape index (κ2) is 6.25. The van der Waals surface area contributed by atoms with Gasteiger partial charge in [-0.25, -0.2) is 8.78 Å². The molecule has 1 N–H and O–H groups in total. The largest absolute Gasteiger partial charge is 0.311 e. The van der Waals surface area contributed by atoms with E-state index in [1.807, 2.05) is 11.9 Å². The van der Waals surface area contributed by atoms with Crippen LogP contribution in [0.3, 0.4) is 0 Å². The Kier molecular flexibility index (Phi) is 5.23. The molecule has 0 aliphatic heterocycles. The summed E-state index contributed by atoms with van der Waals surface area (Å²) in [7, 11) is 1.86. The Morgan fingerprint density at radius 2 is 1.72 bits per heavy atom. The number of nitrogens with zero attached hydrogens (tertiary/aromatic N) is 1. The summed E-state index contributed by atoms with van der Waals surface area (Å²) in [5, 5.41) is 3.34. The van der Waals surface area contributed by atoms with Crippen LogP contribution in [-0.2, 0) is 6.54 Å². The topological polar surface area (TPSA) is 15.3 Å². The van der Waals surface area contributed by atoms with Crippen molar-refractivity contribution in [3.63, 3.8) is 0 Å². The van der Waals surface area contributed by atoms with Crippen molar-refractivity contribution in [2.24, 2.45) is 0 Å². The highest BCUT2D eigenvalue weighted by Crippen LogP contribution is 2.13. The molecule has 0 saturated carbocycles. The molecule has 0 radical (unpaired) electrons. The van der Waals surface area contributed by atoms with Crippen LogP contribution in [0.25, 0.3) is 0 Å². The molecule has 2 nitrogen and oxygen atoms in total. The Labute approximate surface area is 108 Å². The third kappa shape index (κ3) is 5.10. The SMILES string of the molecule is CN(CCNC(C)(C)C)Cc1c(F)cccc1F. The van der Waals surface area contributed by atoms with E-state index in [4.69, 9.17) is 0 Å². The van der Waals surface area contributed by atoms with Crippen LogP contribution in [0, 0.1) is 11.6 Å². The van der Waals surface area contributed by atoms with Crippen LogP contribution < -0.4 is 5.32 Å². The summed E-state index contributed by atoms with van der Waals surface area (Å²) in [6, 6.07) is 3.97. The van der Waals surface area contributed by atoms with Crippen LogP contribution in [-0.4, -0.2) is 30.6 Å². The van der Waals surface area contributed by atoms with Gasteiger partial charge in [-0.15, -0.1) is 0 Å². The van der Waals surface area contributed by atoms with Crippen LogP contribution in [0.5, 0.6) is 0 Å². The van der Waals surface area contributed by atoms with Gasteiger partial charge in [0, 0.05) is 30.7 Å². The van der Waals surface area contributed by atoms with E-state index in [9.17, 15) is 8.78 Å². The lowest BCUT2D eigenvalue weighted by Crippen LogP contribution is -2.40.